The Hall–Kier alpha value is -1.17. The summed E-state index contributed by atoms with van der Waals surface area (Å²) in [5, 5.41) is 0. The lowest BCUT2D eigenvalue weighted by atomic mass is 10.1. The first kappa shape index (κ1) is 11.9. The van der Waals surface area contributed by atoms with E-state index in [-0.39, 0.29) is 13.0 Å². The highest BCUT2D eigenvalue weighted by molar-refractivity contribution is 5.24. The molecule has 6 heteroatoms. The van der Waals surface area contributed by atoms with E-state index in [1.54, 1.807) is 0 Å². The van der Waals surface area contributed by atoms with Crippen molar-refractivity contribution >= 4 is 0 Å². The summed E-state index contributed by atoms with van der Waals surface area (Å²) in [5.74, 6) is 0. The third-order valence-electron chi connectivity index (χ3n) is 1.87. The van der Waals surface area contributed by atoms with Crippen LogP contribution in [0, 0.1) is 0 Å². The molecule has 2 nitrogen and oxygen atoms in total. The number of pyridine rings is 1. The molecule has 0 fully saturated rings. The summed E-state index contributed by atoms with van der Waals surface area (Å²) >= 11 is 0. The van der Waals surface area contributed by atoms with Crippen molar-refractivity contribution in [1.82, 2.24) is 4.98 Å². The van der Waals surface area contributed by atoms with E-state index in [1.165, 1.54) is 6.07 Å². The molecule has 0 amide bonds. The van der Waals surface area contributed by atoms with Crippen molar-refractivity contribution in [2.45, 2.75) is 18.8 Å². The van der Waals surface area contributed by atoms with Gasteiger partial charge in [-0.2, -0.15) is 13.2 Å². The Morgan fingerprint density at radius 3 is 2.60 bits per heavy atom. The predicted octanol–water partition coefficient (Wildman–Crippen LogP) is 2.46. The van der Waals surface area contributed by atoms with Gasteiger partial charge in [0.25, 0.3) is 0 Å². The Bertz CT molecular complexity index is 324. The average Bonchev–Trinajstić information content (AvgIpc) is 2.17. The molecule has 0 aliphatic heterocycles. The van der Waals surface area contributed by atoms with Crippen LogP contribution in [0.4, 0.5) is 17.6 Å². The summed E-state index contributed by atoms with van der Waals surface area (Å²) in [6.45, 7) is -0.00659. The highest BCUT2D eigenvalue weighted by atomic mass is 19.4. The molecule has 0 aliphatic rings. The number of nitrogens with two attached hydrogens (primary N) is 1. The van der Waals surface area contributed by atoms with Gasteiger partial charge in [-0.25, -0.2) is 4.39 Å². The van der Waals surface area contributed by atoms with E-state index in [2.05, 4.69) is 4.98 Å². The first-order valence-electron chi connectivity index (χ1n) is 4.33. The molecule has 1 atom stereocenters. The molecule has 84 valence electrons. The number of nitrogens with zero attached hydrogens (tertiary/aromatic N) is 1. The largest absolute Gasteiger partial charge is 0.433 e. The van der Waals surface area contributed by atoms with Crippen LogP contribution in [0.2, 0.25) is 0 Å². The molecule has 0 saturated heterocycles. The molecule has 1 aromatic rings. The Labute approximate surface area is 84.1 Å². The number of aromatic nitrogens is 1. The number of halogens is 4. The van der Waals surface area contributed by atoms with Crippen molar-refractivity contribution in [3.63, 3.8) is 0 Å². The Balaban J connectivity index is 3.06. The highest BCUT2D eigenvalue weighted by Crippen LogP contribution is 2.34. The molecule has 2 N–H and O–H groups in total. The van der Waals surface area contributed by atoms with Crippen molar-refractivity contribution in [2.24, 2.45) is 5.73 Å². The second kappa shape index (κ2) is 4.57. The zero-order valence-electron chi connectivity index (χ0n) is 7.76. The molecule has 0 aromatic carbocycles. The van der Waals surface area contributed by atoms with E-state index < -0.39 is 23.6 Å². The smallest absolute Gasteiger partial charge is 0.330 e. The zero-order chi connectivity index (χ0) is 11.5. The van der Waals surface area contributed by atoms with Gasteiger partial charge in [0, 0.05) is 11.8 Å². The maximum Gasteiger partial charge on any atom is 0.433 e. The van der Waals surface area contributed by atoms with Crippen LogP contribution in [-0.4, -0.2) is 11.5 Å². The maximum atomic E-state index is 13.3. The molecule has 15 heavy (non-hydrogen) atoms. The maximum absolute atomic E-state index is 13.3. The lowest BCUT2D eigenvalue weighted by Crippen LogP contribution is -2.14. The molecule has 0 saturated carbocycles. The molecular weight excluding hydrogens is 212 g/mol. The van der Waals surface area contributed by atoms with Gasteiger partial charge in [0.1, 0.15) is 6.17 Å². The summed E-state index contributed by atoms with van der Waals surface area (Å²) in [4.78, 5) is 3.15. The van der Waals surface area contributed by atoms with Gasteiger partial charge in [-0.05, 0) is 19.0 Å². The lowest BCUT2D eigenvalue weighted by Gasteiger charge is -2.13. The van der Waals surface area contributed by atoms with Crippen LogP contribution >= 0.6 is 0 Å². The van der Waals surface area contributed by atoms with Gasteiger partial charge < -0.3 is 5.73 Å². The minimum Gasteiger partial charge on any atom is -0.330 e. The van der Waals surface area contributed by atoms with E-state index in [9.17, 15) is 17.6 Å². The standard InChI is InChI=1S/C9H10F4N2/c10-7(3-4-14)6-2-1-5-15-8(6)9(11,12)13/h1-2,5,7H,3-4,14H2. The summed E-state index contributed by atoms with van der Waals surface area (Å²) in [6.07, 6.45) is -5.51. The number of rotatable bonds is 3. The second-order valence-corrected chi connectivity index (χ2v) is 2.98. The molecule has 1 unspecified atom stereocenters. The third-order valence-corrected chi connectivity index (χ3v) is 1.87. The predicted molar refractivity (Wildman–Crippen MR) is 46.8 cm³/mol. The SMILES string of the molecule is NCCC(F)c1cccnc1C(F)(F)F. The normalized spacial score (nSPS) is 13.9. The average molecular weight is 222 g/mol. The van der Waals surface area contributed by atoms with Crippen LogP contribution in [0.25, 0.3) is 0 Å². The van der Waals surface area contributed by atoms with Gasteiger partial charge >= 0.3 is 6.18 Å². The van der Waals surface area contributed by atoms with E-state index in [0.29, 0.717) is 0 Å². The zero-order valence-corrected chi connectivity index (χ0v) is 7.76. The molecule has 1 aromatic heterocycles. The van der Waals surface area contributed by atoms with Crippen molar-refractivity contribution in [3.8, 4) is 0 Å². The molecular formula is C9H10F4N2. The second-order valence-electron chi connectivity index (χ2n) is 2.98. The van der Waals surface area contributed by atoms with Gasteiger partial charge in [0.05, 0.1) is 0 Å². The van der Waals surface area contributed by atoms with Gasteiger partial charge in [-0.1, -0.05) is 6.07 Å². The lowest BCUT2D eigenvalue weighted by molar-refractivity contribution is -0.142. The minimum absolute atomic E-state index is 0.00659. The van der Waals surface area contributed by atoms with Gasteiger partial charge in [0.2, 0.25) is 0 Å². The van der Waals surface area contributed by atoms with Crippen molar-refractivity contribution < 1.29 is 17.6 Å². The Kier molecular flexibility index (Phi) is 3.62. The summed E-state index contributed by atoms with van der Waals surface area (Å²) < 4.78 is 50.5. The van der Waals surface area contributed by atoms with Crippen LogP contribution in [0.5, 0.6) is 0 Å². The van der Waals surface area contributed by atoms with Gasteiger partial charge in [0.15, 0.2) is 5.69 Å². The quantitative estimate of drug-likeness (QED) is 0.798. The Morgan fingerprint density at radius 1 is 1.40 bits per heavy atom. The summed E-state index contributed by atoms with van der Waals surface area (Å²) in [5.41, 5.74) is 3.46. The molecule has 0 bridgehead atoms. The highest BCUT2D eigenvalue weighted by Gasteiger charge is 2.36. The van der Waals surface area contributed by atoms with Crippen molar-refractivity contribution in [3.05, 3.63) is 29.6 Å². The van der Waals surface area contributed by atoms with E-state index in [4.69, 9.17) is 5.73 Å². The van der Waals surface area contributed by atoms with Crippen LogP contribution in [-0.2, 0) is 6.18 Å². The topological polar surface area (TPSA) is 38.9 Å². The van der Waals surface area contributed by atoms with E-state index in [0.717, 1.165) is 12.3 Å². The third kappa shape index (κ3) is 2.89. The molecule has 0 aliphatic carbocycles. The Morgan fingerprint density at radius 2 is 2.07 bits per heavy atom. The van der Waals surface area contributed by atoms with Gasteiger partial charge in [-0.15, -0.1) is 0 Å². The van der Waals surface area contributed by atoms with Crippen molar-refractivity contribution in [2.75, 3.05) is 6.54 Å². The monoisotopic (exact) mass is 222 g/mol. The van der Waals surface area contributed by atoms with Crippen molar-refractivity contribution in [1.29, 1.82) is 0 Å². The number of hydrogen-bond acceptors (Lipinski definition) is 2. The number of alkyl halides is 4. The minimum atomic E-state index is -4.63. The van der Waals surface area contributed by atoms with Crippen LogP contribution < -0.4 is 5.73 Å². The summed E-state index contributed by atoms with van der Waals surface area (Å²) in [6, 6.07) is 2.35. The van der Waals surface area contributed by atoms with E-state index in [1.807, 2.05) is 0 Å². The van der Waals surface area contributed by atoms with Crippen LogP contribution in [0.1, 0.15) is 23.8 Å². The number of hydrogen-bond donors (Lipinski definition) is 1. The molecule has 0 spiro atoms. The fourth-order valence-corrected chi connectivity index (χ4v) is 1.21. The van der Waals surface area contributed by atoms with Gasteiger partial charge in [-0.3, -0.25) is 4.98 Å². The van der Waals surface area contributed by atoms with E-state index >= 15 is 0 Å². The summed E-state index contributed by atoms with van der Waals surface area (Å²) in [7, 11) is 0. The molecule has 0 radical (unpaired) electrons. The fourth-order valence-electron chi connectivity index (χ4n) is 1.21. The first-order valence-corrected chi connectivity index (χ1v) is 4.33. The first-order chi connectivity index (χ1) is 6.96. The fraction of sp³-hybridized carbons (Fsp3) is 0.444. The van der Waals surface area contributed by atoms with Crippen LogP contribution in [0.3, 0.4) is 0 Å². The molecule has 1 rings (SSSR count). The molecule has 1 heterocycles. The van der Waals surface area contributed by atoms with Crippen LogP contribution in [0.15, 0.2) is 18.3 Å².